The maximum absolute atomic E-state index is 12.5. The average Bonchev–Trinajstić information content (AvgIpc) is 3.43. The van der Waals surface area contributed by atoms with Gasteiger partial charge in [0.1, 0.15) is 0 Å². The highest BCUT2D eigenvalue weighted by molar-refractivity contribution is 5.79. The maximum Gasteiger partial charge on any atom is 0.232 e. The van der Waals surface area contributed by atoms with Crippen LogP contribution in [-0.4, -0.2) is 47.8 Å². The van der Waals surface area contributed by atoms with E-state index in [-0.39, 0.29) is 11.8 Å². The lowest BCUT2D eigenvalue weighted by Crippen LogP contribution is -2.27. The van der Waals surface area contributed by atoms with Crippen molar-refractivity contribution in [3.8, 4) is 22.9 Å². The van der Waals surface area contributed by atoms with Gasteiger partial charge in [-0.25, -0.2) is 0 Å². The zero-order valence-electron chi connectivity index (χ0n) is 18.8. The molecule has 0 bridgehead atoms. The average molecular weight is 436 g/mol. The Bertz CT molecular complexity index is 1080. The summed E-state index contributed by atoms with van der Waals surface area (Å²) in [6.07, 6.45) is 2.14. The van der Waals surface area contributed by atoms with Gasteiger partial charge in [-0.2, -0.15) is 4.98 Å². The Labute approximate surface area is 188 Å². The second-order valence-corrected chi connectivity index (χ2v) is 8.15. The van der Waals surface area contributed by atoms with E-state index >= 15 is 0 Å². The molecule has 3 aromatic rings. The van der Waals surface area contributed by atoms with E-state index in [9.17, 15) is 4.79 Å². The van der Waals surface area contributed by atoms with Gasteiger partial charge in [-0.15, -0.1) is 0 Å². The summed E-state index contributed by atoms with van der Waals surface area (Å²) in [7, 11) is 1.61. The molecule has 1 aliphatic heterocycles. The fourth-order valence-corrected chi connectivity index (χ4v) is 3.94. The Hall–Kier alpha value is -3.35. The number of rotatable bonds is 9. The highest BCUT2D eigenvalue weighted by Crippen LogP contribution is 2.33. The molecule has 168 valence electrons. The second-order valence-electron chi connectivity index (χ2n) is 8.15. The van der Waals surface area contributed by atoms with E-state index in [0.717, 1.165) is 18.4 Å². The molecule has 1 saturated heterocycles. The van der Waals surface area contributed by atoms with Gasteiger partial charge < -0.3 is 18.9 Å². The summed E-state index contributed by atoms with van der Waals surface area (Å²) in [5.41, 5.74) is 3.25. The summed E-state index contributed by atoms with van der Waals surface area (Å²) in [6, 6.07) is 14.0. The molecular weight excluding hydrogens is 406 g/mol. The molecular formula is C25H29N3O4. The largest absolute Gasteiger partial charge is 0.493 e. The van der Waals surface area contributed by atoms with Crippen molar-refractivity contribution in [3.05, 3.63) is 59.5 Å². The minimum absolute atomic E-state index is 0.0877. The first kappa shape index (κ1) is 21.9. The first-order valence-electron chi connectivity index (χ1n) is 11.1. The Kier molecular flexibility index (Phi) is 6.73. The molecule has 1 fully saturated rings. The quantitative estimate of drug-likeness (QED) is 0.496. The van der Waals surface area contributed by atoms with Gasteiger partial charge in [0.15, 0.2) is 11.5 Å². The van der Waals surface area contributed by atoms with Crippen LogP contribution in [-0.2, 0) is 11.2 Å². The second kappa shape index (κ2) is 9.85. The normalized spacial score (nSPS) is 15.9. The lowest BCUT2D eigenvalue weighted by atomic mass is 10.1. The van der Waals surface area contributed by atoms with Crippen LogP contribution >= 0.6 is 0 Å². The summed E-state index contributed by atoms with van der Waals surface area (Å²) in [5.74, 6) is 2.33. The molecule has 1 atom stereocenters. The molecule has 4 rings (SSSR count). The number of amides is 1. The highest BCUT2D eigenvalue weighted by atomic mass is 16.5. The van der Waals surface area contributed by atoms with Crippen LogP contribution in [0.1, 0.15) is 42.7 Å². The SMILES string of the molecule is CCCOc1ccc(-c2noc(C3CC(=O)N(CCc4cccc(C)c4)C3)n2)cc1OC. The van der Waals surface area contributed by atoms with Gasteiger partial charge in [0.05, 0.1) is 19.6 Å². The number of nitrogens with zero attached hydrogens (tertiary/aromatic N) is 3. The lowest BCUT2D eigenvalue weighted by Gasteiger charge is -2.16. The number of methoxy groups -OCH3 is 1. The van der Waals surface area contributed by atoms with Crippen molar-refractivity contribution in [2.45, 2.75) is 39.0 Å². The van der Waals surface area contributed by atoms with Crippen LogP contribution < -0.4 is 9.47 Å². The third kappa shape index (κ3) is 4.93. The Morgan fingerprint density at radius 1 is 1.19 bits per heavy atom. The van der Waals surface area contributed by atoms with Crippen LogP contribution in [0, 0.1) is 6.92 Å². The van der Waals surface area contributed by atoms with Crippen LogP contribution in [0.5, 0.6) is 11.5 Å². The van der Waals surface area contributed by atoms with Gasteiger partial charge in [-0.3, -0.25) is 4.79 Å². The van der Waals surface area contributed by atoms with E-state index in [4.69, 9.17) is 14.0 Å². The number of aryl methyl sites for hydroxylation is 1. The van der Waals surface area contributed by atoms with E-state index in [1.165, 1.54) is 11.1 Å². The standard InChI is InChI=1S/C25H29N3O4/c1-4-12-31-21-9-8-19(14-22(21)30-3)24-26-25(32-27-24)20-15-23(29)28(16-20)11-10-18-7-5-6-17(2)13-18/h5-9,13-14,20H,4,10-12,15-16H2,1-3H3. The predicted octanol–water partition coefficient (Wildman–Crippen LogP) is 4.40. The van der Waals surface area contributed by atoms with E-state index in [1.54, 1.807) is 7.11 Å². The molecule has 0 spiro atoms. The molecule has 0 radical (unpaired) electrons. The minimum Gasteiger partial charge on any atom is -0.493 e. The van der Waals surface area contributed by atoms with Gasteiger partial charge in [0.2, 0.25) is 17.6 Å². The summed E-state index contributed by atoms with van der Waals surface area (Å²) in [4.78, 5) is 19.0. The topological polar surface area (TPSA) is 77.7 Å². The third-order valence-corrected chi connectivity index (χ3v) is 5.64. The molecule has 2 heterocycles. The van der Waals surface area contributed by atoms with Crippen LogP contribution in [0.15, 0.2) is 47.0 Å². The highest BCUT2D eigenvalue weighted by Gasteiger charge is 2.34. The fourth-order valence-electron chi connectivity index (χ4n) is 3.94. The Balaban J connectivity index is 1.42. The van der Waals surface area contributed by atoms with Crippen molar-refractivity contribution in [1.82, 2.24) is 15.0 Å². The molecule has 1 aromatic heterocycles. The fraction of sp³-hybridized carbons (Fsp3) is 0.400. The molecule has 1 amide bonds. The maximum atomic E-state index is 12.5. The number of carbonyl (C=O) groups is 1. The van der Waals surface area contributed by atoms with Gasteiger partial charge in [-0.1, -0.05) is 41.9 Å². The lowest BCUT2D eigenvalue weighted by molar-refractivity contribution is -0.127. The number of hydrogen-bond acceptors (Lipinski definition) is 6. The van der Waals surface area contributed by atoms with Crippen LogP contribution in [0.4, 0.5) is 0 Å². The summed E-state index contributed by atoms with van der Waals surface area (Å²) in [5, 5.41) is 4.14. The number of hydrogen-bond donors (Lipinski definition) is 0. The smallest absolute Gasteiger partial charge is 0.232 e. The van der Waals surface area contributed by atoms with Gasteiger partial charge in [-0.05, 0) is 43.5 Å². The first-order valence-corrected chi connectivity index (χ1v) is 11.1. The molecule has 7 heteroatoms. The van der Waals surface area contributed by atoms with E-state index < -0.39 is 0 Å². The van der Waals surface area contributed by atoms with E-state index in [2.05, 4.69) is 48.3 Å². The molecule has 0 aliphatic carbocycles. The summed E-state index contributed by atoms with van der Waals surface area (Å²) < 4.78 is 16.7. The molecule has 1 unspecified atom stereocenters. The number of aromatic nitrogens is 2. The van der Waals surface area contributed by atoms with Crippen LogP contribution in [0.25, 0.3) is 11.4 Å². The summed E-state index contributed by atoms with van der Waals surface area (Å²) in [6.45, 7) is 6.04. The zero-order valence-corrected chi connectivity index (χ0v) is 18.8. The zero-order chi connectivity index (χ0) is 22.5. The number of carbonyl (C=O) groups excluding carboxylic acids is 1. The third-order valence-electron chi connectivity index (χ3n) is 5.64. The van der Waals surface area contributed by atoms with Crippen molar-refractivity contribution in [1.29, 1.82) is 0 Å². The van der Waals surface area contributed by atoms with Crippen molar-refractivity contribution in [2.24, 2.45) is 0 Å². The Morgan fingerprint density at radius 2 is 2.06 bits per heavy atom. The molecule has 32 heavy (non-hydrogen) atoms. The van der Waals surface area contributed by atoms with Gasteiger partial charge in [0, 0.05) is 25.1 Å². The number of ether oxygens (including phenoxy) is 2. The molecule has 2 aromatic carbocycles. The van der Waals surface area contributed by atoms with Gasteiger partial charge >= 0.3 is 0 Å². The predicted molar refractivity (Wildman–Crippen MR) is 121 cm³/mol. The molecule has 0 saturated carbocycles. The monoisotopic (exact) mass is 435 g/mol. The number of likely N-dealkylation sites (tertiary alicyclic amines) is 1. The van der Waals surface area contributed by atoms with E-state index in [1.807, 2.05) is 23.1 Å². The van der Waals surface area contributed by atoms with Crippen molar-refractivity contribution >= 4 is 5.91 Å². The van der Waals surface area contributed by atoms with Crippen LogP contribution in [0.3, 0.4) is 0 Å². The number of benzene rings is 2. The van der Waals surface area contributed by atoms with Crippen molar-refractivity contribution < 1.29 is 18.8 Å². The van der Waals surface area contributed by atoms with Gasteiger partial charge in [0.25, 0.3) is 0 Å². The van der Waals surface area contributed by atoms with Crippen molar-refractivity contribution in [2.75, 3.05) is 26.8 Å². The summed E-state index contributed by atoms with van der Waals surface area (Å²) >= 11 is 0. The van der Waals surface area contributed by atoms with E-state index in [0.29, 0.717) is 49.3 Å². The first-order chi connectivity index (χ1) is 15.6. The molecule has 7 nitrogen and oxygen atoms in total. The molecule has 1 aliphatic rings. The van der Waals surface area contributed by atoms with Crippen LogP contribution in [0.2, 0.25) is 0 Å². The molecule has 0 N–H and O–H groups in total. The Morgan fingerprint density at radius 3 is 2.84 bits per heavy atom. The van der Waals surface area contributed by atoms with Crippen molar-refractivity contribution in [3.63, 3.8) is 0 Å². The minimum atomic E-state index is -0.0877.